The molecule has 0 aromatic heterocycles. The van der Waals surface area contributed by atoms with Gasteiger partial charge >= 0.3 is 0 Å². The molecule has 2 nitrogen and oxygen atoms in total. The highest BCUT2D eigenvalue weighted by atomic mass is 15.1. The fraction of sp³-hybridized carbons (Fsp3) is 0.933. The summed E-state index contributed by atoms with van der Waals surface area (Å²) >= 11 is 0. The smallest absolute Gasteiger partial charge is 0.00127 e. The Bertz CT molecular complexity index is 529. The van der Waals surface area contributed by atoms with Gasteiger partial charge in [-0.3, -0.25) is 0 Å². The molecular weight excluding hydrogens is 388 g/mol. The minimum Gasteiger partial charge on any atom is -0.303 e. The summed E-state index contributed by atoms with van der Waals surface area (Å²) in [5, 5.41) is 0. The van der Waals surface area contributed by atoms with Crippen molar-refractivity contribution in [1.29, 1.82) is 0 Å². The molecule has 3 saturated heterocycles. The van der Waals surface area contributed by atoms with Crippen molar-refractivity contribution < 1.29 is 0 Å². The molecule has 0 saturated carbocycles. The van der Waals surface area contributed by atoms with Crippen LogP contribution in [0, 0.1) is 23.7 Å². The van der Waals surface area contributed by atoms with Crippen molar-refractivity contribution in [3.63, 3.8) is 0 Å². The second kappa shape index (κ2) is 14.1. The first kappa shape index (κ1) is 24.8. The third-order valence-electron chi connectivity index (χ3n) is 9.43. The van der Waals surface area contributed by atoms with E-state index in [2.05, 4.69) is 22.0 Å². The highest BCUT2D eigenvalue weighted by Crippen LogP contribution is 2.40. The van der Waals surface area contributed by atoms with E-state index in [0.717, 1.165) is 23.7 Å². The van der Waals surface area contributed by atoms with Crippen LogP contribution in [0.2, 0.25) is 0 Å². The van der Waals surface area contributed by atoms with E-state index in [9.17, 15) is 0 Å². The Morgan fingerprint density at radius 2 is 1.12 bits per heavy atom. The van der Waals surface area contributed by atoms with Crippen LogP contribution in [0.5, 0.6) is 0 Å². The molecule has 5 aliphatic heterocycles. The van der Waals surface area contributed by atoms with Crippen molar-refractivity contribution in [3.05, 3.63) is 12.2 Å². The fourth-order valence-corrected chi connectivity index (χ4v) is 7.63. The molecule has 5 aliphatic rings. The molecule has 0 aliphatic carbocycles. The average Bonchev–Trinajstić information content (AvgIpc) is 2.80. The standard InChI is InChI=1S/C30H54N2/c1-3-7-11-15-20-31-22-19-30-28(25-31)18-14-10-6-2-4-8-12-16-21-32-24-27(17-13-9-5-1)23-29(30)26-32/h5,9,27-30H,1-4,6-8,10-26H2/b9-5-/t27-,28-,29+,30-/m0/s1. The van der Waals surface area contributed by atoms with Gasteiger partial charge in [-0.1, -0.05) is 69.9 Å². The van der Waals surface area contributed by atoms with Gasteiger partial charge in [0.15, 0.2) is 0 Å². The number of nitrogens with zero attached hydrogens (tertiary/aromatic N) is 2. The Kier molecular flexibility index (Phi) is 11.0. The van der Waals surface area contributed by atoms with Gasteiger partial charge < -0.3 is 9.80 Å². The molecule has 0 aromatic rings. The van der Waals surface area contributed by atoms with Crippen LogP contribution in [-0.4, -0.2) is 49.1 Å². The normalized spacial score (nSPS) is 40.2. The van der Waals surface area contributed by atoms with Crippen LogP contribution < -0.4 is 0 Å². The van der Waals surface area contributed by atoms with Crippen LogP contribution >= 0.6 is 0 Å². The summed E-state index contributed by atoms with van der Waals surface area (Å²) in [6.07, 6.45) is 31.2. The molecule has 0 amide bonds. The van der Waals surface area contributed by atoms with E-state index in [-0.39, 0.29) is 0 Å². The summed E-state index contributed by atoms with van der Waals surface area (Å²) in [7, 11) is 0. The fourth-order valence-electron chi connectivity index (χ4n) is 7.63. The molecule has 32 heavy (non-hydrogen) atoms. The zero-order valence-corrected chi connectivity index (χ0v) is 21.3. The molecule has 6 bridgehead atoms. The van der Waals surface area contributed by atoms with Crippen LogP contribution in [0.15, 0.2) is 12.2 Å². The Labute approximate surface area is 200 Å². The Morgan fingerprint density at radius 1 is 0.469 bits per heavy atom. The first-order valence-corrected chi connectivity index (χ1v) is 15.0. The van der Waals surface area contributed by atoms with Crippen LogP contribution in [0.4, 0.5) is 0 Å². The van der Waals surface area contributed by atoms with Gasteiger partial charge in [0, 0.05) is 19.6 Å². The third-order valence-corrected chi connectivity index (χ3v) is 9.43. The molecule has 0 radical (unpaired) electrons. The predicted molar refractivity (Wildman–Crippen MR) is 139 cm³/mol. The van der Waals surface area contributed by atoms with Crippen molar-refractivity contribution in [1.82, 2.24) is 9.80 Å². The van der Waals surface area contributed by atoms with Gasteiger partial charge in [-0.25, -0.2) is 0 Å². The number of hydrogen-bond donors (Lipinski definition) is 0. The van der Waals surface area contributed by atoms with E-state index in [4.69, 9.17) is 0 Å². The lowest BCUT2D eigenvalue weighted by molar-refractivity contribution is 0.0191. The lowest BCUT2D eigenvalue weighted by Gasteiger charge is -2.47. The molecule has 0 N–H and O–H groups in total. The molecular formula is C30H54N2. The Balaban J connectivity index is 1.48. The van der Waals surface area contributed by atoms with Crippen LogP contribution in [0.1, 0.15) is 116 Å². The summed E-state index contributed by atoms with van der Waals surface area (Å²) in [5.41, 5.74) is 0. The Morgan fingerprint density at radius 3 is 1.97 bits per heavy atom. The van der Waals surface area contributed by atoms with Crippen LogP contribution in [0.3, 0.4) is 0 Å². The molecule has 3 fully saturated rings. The van der Waals surface area contributed by atoms with Gasteiger partial charge in [0.1, 0.15) is 0 Å². The zero-order valence-electron chi connectivity index (χ0n) is 21.3. The van der Waals surface area contributed by atoms with Gasteiger partial charge in [0.05, 0.1) is 0 Å². The summed E-state index contributed by atoms with van der Waals surface area (Å²) in [6.45, 7) is 8.39. The predicted octanol–water partition coefficient (Wildman–Crippen LogP) is 7.69. The number of hydrogen-bond acceptors (Lipinski definition) is 2. The van der Waals surface area contributed by atoms with E-state index >= 15 is 0 Å². The maximum absolute atomic E-state index is 2.93. The molecule has 2 unspecified atom stereocenters. The minimum atomic E-state index is 0.948. The van der Waals surface area contributed by atoms with Crippen LogP contribution in [0.25, 0.3) is 0 Å². The van der Waals surface area contributed by atoms with Gasteiger partial charge in [-0.15, -0.1) is 0 Å². The SMILES string of the molecule is C1=C\CC[C@H]2C[C@@H]3CN(CCCCCCCCCC[C@H]4CN(CCCCCC/1)CC[C@H]34)C2. The molecule has 5 rings (SSSR count). The first-order chi connectivity index (χ1) is 15.9. The molecule has 5 heterocycles. The van der Waals surface area contributed by atoms with Gasteiger partial charge in [0.25, 0.3) is 0 Å². The van der Waals surface area contributed by atoms with E-state index in [1.165, 1.54) is 155 Å². The maximum Gasteiger partial charge on any atom is 0.00127 e. The molecule has 2 heteroatoms. The first-order valence-electron chi connectivity index (χ1n) is 15.0. The topological polar surface area (TPSA) is 6.48 Å². The molecule has 184 valence electrons. The van der Waals surface area contributed by atoms with Gasteiger partial charge in [-0.05, 0) is 101 Å². The molecule has 6 atom stereocenters. The minimum absolute atomic E-state index is 0.948. The number of fused-ring (bicyclic) bond motifs is 10. The number of rotatable bonds is 0. The summed E-state index contributed by atoms with van der Waals surface area (Å²) < 4.78 is 0. The lowest BCUT2D eigenvalue weighted by atomic mass is 9.69. The van der Waals surface area contributed by atoms with Gasteiger partial charge in [0.2, 0.25) is 0 Å². The quantitative estimate of drug-likeness (QED) is 0.355. The van der Waals surface area contributed by atoms with E-state index in [1.54, 1.807) is 0 Å². The third kappa shape index (κ3) is 8.15. The summed E-state index contributed by atoms with van der Waals surface area (Å²) in [4.78, 5) is 5.81. The highest BCUT2D eigenvalue weighted by molar-refractivity contribution is 4.91. The highest BCUT2D eigenvalue weighted by Gasteiger charge is 2.38. The van der Waals surface area contributed by atoms with E-state index < -0.39 is 0 Å². The molecule has 0 spiro atoms. The van der Waals surface area contributed by atoms with Gasteiger partial charge in [-0.2, -0.15) is 0 Å². The van der Waals surface area contributed by atoms with Crippen molar-refractivity contribution in [2.75, 3.05) is 39.3 Å². The van der Waals surface area contributed by atoms with Crippen molar-refractivity contribution in [2.24, 2.45) is 23.7 Å². The van der Waals surface area contributed by atoms with E-state index in [1.807, 2.05) is 0 Å². The maximum atomic E-state index is 2.93. The largest absolute Gasteiger partial charge is 0.303 e. The summed E-state index contributed by atoms with van der Waals surface area (Å²) in [5.74, 6) is 3.91. The van der Waals surface area contributed by atoms with Crippen LogP contribution in [-0.2, 0) is 0 Å². The molecule has 0 aromatic carbocycles. The van der Waals surface area contributed by atoms with Crippen molar-refractivity contribution in [3.8, 4) is 0 Å². The second-order valence-electron chi connectivity index (χ2n) is 12.0. The zero-order chi connectivity index (χ0) is 21.8. The Hall–Kier alpha value is -0.340. The summed E-state index contributed by atoms with van der Waals surface area (Å²) in [6, 6.07) is 0. The second-order valence-corrected chi connectivity index (χ2v) is 12.0. The number of allylic oxidation sites excluding steroid dienone is 2. The van der Waals surface area contributed by atoms with Crippen molar-refractivity contribution in [2.45, 2.75) is 116 Å². The number of piperidine rings is 2. The average molecular weight is 443 g/mol. The monoisotopic (exact) mass is 442 g/mol. The van der Waals surface area contributed by atoms with Crippen molar-refractivity contribution >= 4 is 0 Å². The lowest BCUT2D eigenvalue weighted by Crippen LogP contribution is -2.49. The van der Waals surface area contributed by atoms with E-state index in [0.29, 0.717) is 0 Å².